The lowest BCUT2D eigenvalue weighted by molar-refractivity contribution is -0.181. The first kappa shape index (κ1) is 32.2. The molecular formula is C35H54O5. The second-order valence-corrected chi connectivity index (χ2v) is 13.4. The Balaban J connectivity index is 1.90. The van der Waals surface area contributed by atoms with Crippen molar-refractivity contribution >= 4 is 5.97 Å². The Labute approximate surface area is 242 Å². The van der Waals surface area contributed by atoms with Crippen molar-refractivity contribution in [1.29, 1.82) is 0 Å². The molecule has 5 heteroatoms. The number of fused-ring (bicyclic) bond motifs is 1. The summed E-state index contributed by atoms with van der Waals surface area (Å²) in [6, 6.07) is 0. The molecule has 0 unspecified atom stereocenters. The van der Waals surface area contributed by atoms with Crippen LogP contribution in [0, 0.1) is 36.5 Å². The van der Waals surface area contributed by atoms with Gasteiger partial charge < -0.3 is 14.3 Å². The summed E-state index contributed by atoms with van der Waals surface area (Å²) in [6.45, 7) is 19.1. The van der Waals surface area contributed by atoms with E-state index in [0.29, 0.717) is 35.6 Å². The Kier molecular flexibility index (Phi) is 10.9. The fourth-order valence-corrected chi connectivity index (χ4v) is 7.79. The minimum atomic E-state index is -0.452. The maximum absolute atomic E-state index is 13.0. The van der Waals surface area contributed by atoms with Crippen LogP contribution in [0.4, 0.5) is 0 Å². The first-order chi connectivity index (χ1) is 18.8. The van der Waals surface area contributed by atoms with Crippen LogP contribution in [0.2, 0.25) is 0 Å². The highest BCUT2D eigenvalue weighted by Crippen LogP contribution is 2.63. The van der Waals surface area contributed by atoms with Crippen molar-refractivity contribution in [2.45, 2.75) is 138 Å². The molecule has 2 aliphatic rings. The zero-order chi connectivity index (χ0) is 29.7. The maximum Gasteiger partial charge on any atom is 0.342 e. The minimum absolute atomic E-state index is 0.0418. The third-order valence-electron chi connectivity index (χ3n) is 10.4. The first-order valence-electron chi connectivity index (χ1n) is 15.7. The number of aromatic hydroxyl groups is 1. The molecule has 1 aromatic heterocycles. The molecule has 224 valence electrons. The summed E-state index contributed by atoms with van der Waals surface area (Å²) in [4.78, 5) is 25.9. The van der Waals surface area contributed by atoms with E-state index >= 15 is 0 Å². The number of allylic oxidation sites excluding steroid dienone is 3. The van der Waals surface area contributed by atoms with Crippen LogP contribution in [0.25, 0.3) is 0 Å². The van der Waals surface area contributed by atoms with Crippen LogP contribution in [0.1, 0.15) is 129 Å². The number of esters is 1. The van der Waals surface area contributed by atoms with Crippen molar-refractivity contribution in [3.63, 3.8) is 0 Å². The SMILES string of the molecule is C=C1CC[C@H]2[C@](C)(CCC=C(C)C)[C@@H](OC(=O)CCCCCCC)CC[C@]2(C)[C@@H]1Cc1c(O)c(C)c(C)oc1=O. The average molecular weight is 555 g/mol. The van der Waals surface area contributed by atoms with Gasteiger partial charge in [0.1, 0.15) is 17.6 Å². The van der Waals surface area contributed by atoms with E-state index in [2.05, 4.69) is 47.3 Å². The smallest absolute Gasteiger partial charge is 0.342 e. The summed E-state index contributed by atoms with van der Waals surface area (Å²) in [5.74, 6) is 0.795. The molecule has 0 amide bonds. The molecule has 3 rings (SSSR count). The van der Waals surface area contributed by atoms with Crippen molar-refractivity contribution in [2.24, 2.45) is 22.7 Å². The molecule has 2 fully saturated rings. The van der Waals surface area contributed by atoms with Crippen LogP contribution in [0.3, 0.4) is 0 Å². The number of aryl methyl sites for hydroxylation is 1. The lowest BCUT2D eigenvalue weighted by atomic mass is 9.45. The van der Waals surface area contributed by atoms with E-state index in [1.54, 1.807) is 13.8 Å². The summed E-state index contributed by atoms with van der Waals surface area (Å²) < 4.78 is 11.8. The third-order valence-corrected chi connectivity index (χ3v) is 10.4. The molecule has 0 radical (unpaired) electrons. The van der Waals surface area contributed by atoms with Crippen LogP contribution in [-0.2, 0) is 16.0 Å². The van der Waals surface area contributed by atoms with Gasteiger partial charge in [-0.3, -0.25) is 4.79 Å². The van der Waals surface area contributed by atoms with Crippen LogP contribution in [-0.4, -0.2) is 17.2 Å². The van der Waals surface area contributed by atoms with Crippen LogP contribution in [0.15, 0.2) is 33.0 Å². The highest BCUT2D eigenvalue weighted by atomic mass is 16.5. The minimum Gasteiger partial charge on any atom is -0.507 e. The number of hydrogen-bond acceptors (Lipinski definition) is 5. The largest absolute Gasteiger partial charge is 0.507 e. The van der Waals surface area contributed by atoms with E-state index in [-0.39, 0.29) is 34.6 Å². The Morgan fingerprint density at radius 2 is 1.85 bits per heavy atom. The van der Waals surface area contributed by atoms with Gasteiger partial charge in [0.05, 0.1) is 5.56 Å². The number of carbonyl (C=O) groups excluding carboxylic acids is 1. The highest BCUT2D eigenvalue weighted by Gasteiger charge is 2.58. The van der Waals surface area contributed by atoms with Gasteiger partial charge in [-0.2, -0.15) is 0 Å². The number of rotatable bonds is 12. The molecular weight excluding hydrogens is 500 g/mol. The maximum atomic E-state index is 13.0. The average Bonchev–Trinajstić information content (AvgIpc) is 2.88. The molecule has 1 heterocycles. The number of unbranched alkanes of at least 4 members (excludes halogenated alkanes) is 4. The van der Waals surface area contributed by atoms with E-state index in [1.165, 1.54) is 24.8 Å². The van der Waals surface area contributed by atoms with Gasteiger partial charge in [-0.05, 0) is 96.3 Å². The predicted molar refractivity (Wildman–Crippen MR) is 163 cm³/mol. The van der Waals surface area contributed by atoms with Gasteiger partial charge >= 0.3 is 11.6 Å². The Bertz CT molecular complexity index is 1140. The van der Waals surface area contributed by atoms with Gasteiger partial charge in [-0.15, -0.1) is 0 Å². The number of hydrogen-bond donors (Lipinski definition) is 1. The first-order valence-corrected chi connectivity index (χ1v) is 15.7. The van der Waals surface area contributed by atoms with Crippen LogP contribution < -0.4 is 5.63 Å². The number of ether oxygens (including phenoxy) is 1. The van der Waals surface area contributed by atoms with Crippen molar-refractivity contribution in [3.8, 4) is 5.75 Å². The van der Waals surface area contributed by atoms with E-state index in [4.69, 9.17) is 9.15 Å². The fourth-order valence-electron chi connectivity index (χ4n) is 7.79. The fraction of sp³-hybridized carbons (Fsp3) is 0.714. The third kappa shape index (κ3) is 6.94. The van der Waals surface area contributed by atoms with E-state index in [0.717, 1.165) is 56.9 Å². The van der Waals surface area contributed by atoms with Gasteiger partial charge in [-0.1, -0.05) is 70.3 Å². The quantitative estimate of drug-likeness (QED) is 0.159. The van der Waals surface area contributed by atoms with E-state index in [9.17, 15) is 14.7 Å². The van der Waals surface area contributed by atoms with Gasteiger partial charge in [0.15, 0.2) is 0 Å². The second-order valence-electron chi connectivity index (χ2n) is 13.4. The Morgan fingerprint density at radius 1 is 1.15 bits per heavy atom. The topological polar surface area (TPSA) is 76.7 Å². The Hall–Kier alpha value is -2.30. The van der Waals surface area contributed by atoms with Gasteiger partial charge in [0.2, 0.25) is 0 Å². The van der Waals surface area contributed by atoms with E-state index in [1.807, 2.05) is 0 Å². The summed E-state index contributed by atoms with van der Waals surface area (Å²) in [7, 11) is 0. The lowest BCUT2D eigenvalue weighted by Crippen LogP contribution is -2.57. The molecule has 0 aliphatic heterocycles. The molecule has 5 atom stereocenters. The molecule has 0 saturated heterocycles. The van der Waals surface area contributed by atoms with Gasteiger partial charge in [-0.25, -0.2) is 4.79 Å². The molecule has 2 saturated carbocycles. The molecule has 2 aliphatic carbocycles. The molecule has 1 aromatic rings. The molecule has 5 nitrogen and oxygen atoms in total. The zero-order valence-corrected chi connectivity index (χ0v) is 26.3. The predicted octanol–water partition coefficient (Wildman–Crippen LogP) is 8.91. The monoisotopic (exact) mass is 554 g/mol. The Morgan fingerprint density at radius 3 is 2.52 bits per heavy atom. The summed E-state index contributed by atoms with van der Waals surface area (Å²) in [5, 5.41) is 10.9. The molecule has 0 aromatic carbocycles. The number of carbonyl (C=O) groups is 1. The molecule has 40 heavy (non-hydrogen) atoms. The van der Waals surface area contributed by atoms with Crippen molar-refractivity contribution in [2.75, 3.05) is 0 Å². The second kappa shape index (κ2) is 13.6. The normalized spacial score (nSPS) is 28.2. The molecule has 0 spiro atoms. The van der Waals surface area contributed by atoms with Gasteiger partial charge in [0.25, 0.3) is 0 Å². The van der Waals surface area contributed by atoms with Crippen molar-refractivity contribution < 1.29 is 19.1 Å². The molecule has 0 bridgehead atoms. The highest BCUT2D eigenvalue weighted by molar-refractivity contribution is 5.69. The summed E-state index contributed by atoms with van der Waals surface area (Å²) in [5.41, 5.74) is 2.65. The lowest BCUT2D eigenvalue weighted by Gasteiger charge is -2.61. The standard InChI is InChI=1S/C35H54O5/c1-9-10-11-12-13-16-31(36)40-30-19-21-34(7)28(22-27-32(37)25(5)26(6)39-33(27)38)24(4)17-18-29(34)35(30,8)20-14-15-23(2)3/h15,28-30,37H,4,9-14,16-22H2,1-3,5-8H3/t28-,29-,30+,34-,35+/m1/s1. The van der Waals surface area contributed by atoms with Gasteiger partial charge in [0, 0.05) is 17.4 Å². The van der Waals surface area contributed by atoms with Crippen LogP contribution in [0.5, 0.6) is 5.75 Å². The van der Waals surface area contributed by atoms with Crippen molar-refractivity contribution in [1.82, 2.24) is 0 Å². The van der Waals surface area contributed by atoms with Crippen LogP contribution >= 0.6 is 0 Å². The van der Waals surface area contributed by atoms with E-state index < -0.39 is 5.63 Å². The summed E-state index contributed by atoms with van der Waals surface area (Å²) in [6.07, 6.45) is 14.1. The van der Waals surface area contributed by atoms with Crippen molar-refractivity contribution in [3.05, 3.63) is 51.1 Å². The zero-order valence-electron chi connectivity index (χ0n) is 26.3. The summed E-state index contributed by atoms with van der Waals surface area (Å²) >= 11 is 0. The molecule has 1 N–H and O–H groups in total.